The number of aliphatic hydroxyl groups is 1. The molecule has 1 unspecified atom stereocenters. The number of benzodiazepines with no additional fused rings is 1. The molecule has 4 aromatic rings. The van der Waals surface area contributed by atoms with E-state index in [9.17, 15) is 14.7 Å². The summed E-state index contributed by atoms with van der Waals surface area (Å²) in [6.45, 7) is 0. The summed E-state index contributed by atoms with van der Waals surface area (Å²) in [7, 11) is 1.61. The Morgan fingerprint density at radius 1 is 0.850 bits per heavy atom. The van der Waals surface area contributed by atoms with Crippen LogP contribution in [0.3, 0.4) is 0 Å². The van der Waals surface area contributed by atoms with E-state index in [1.54, 1.807) is 7.05 Å². The SMILES string of the molecule is CN1C(=O)C(N)(C(=O)[C@H](Cc2ccccc2)[C@@H](O)CCc2ccccc2)N=C(c2ccccc2)c2ccccc21. The van der Waals surface area contributed by atoms with E-state index in [-0.39, 0.29) is 6.42 Å². The van der Waals surface area contributed by atoms with Gasteiger partial charge in [-0.3, -0.25) is 15.3 Å². The first-order valence-corrected chi connectivity index (χ1v) is 13.5. The third-order valence-corrected chi connectivity index (χ3v) is 7.53. The second kappa shape index (κ2) is 11.8. The Kier molecular flexibility index (Phi) is 8.01. The predicted octanol–water partition coefficient (Wildman–Crippen LogP) is 4.58. The van der Waals surface area contributed by atoms with Gasteiger partial charge in [0.2, 0.25) is 5.66 Å². The molecule has 0 bridgehead atoms. The van der Waals surface area contributed by atoms with Gasteiger partial charge in [-0.25, -0.2) is 4.99 Å². The molecule has 0 radical (unpaired) electrons. The van der Waals surface area contributed by atoms with Crippen LogP contribution in [-0.2, 0) is 22.4 Å². The molecule has 0 aliphatic carbocycles. The lowest BCUT2D eigenvalue weighted by molar-refractivity contribution is -0.138. The van der Waals surface area contributed by atoms with E-state index in [4.69, 9.17) is 10.7 Å². The van der Waals surface area contributed by atoms with Crippen LogP contribution in [0.15, 0.2) is 120 Å². The van der Waals surface area contributed by atoms with Gasteiger partial charge >= 0.3 is 0 Å². The number of rotatable bonds is 9. The second-order valence-corrected chi connectivity index (χ2v) is 10.2. The van der Waals surface area contributed by atoms with Crippen molar-refractivity contribution in [1.29, 1.82) is 0 Å². The Balaban J connectivity index is 1.58. The van der Waals surface area contributed by atoms with Crippen LogP contribution in [0.25, 0.3) is 0 Å². The smallest absolute Gasteiger partial charge is 0.277 e. The maximum atomic E-state index is 14.5. The summed E-state index contributed by atoms with van der Waals surface area (Å²) in [5.74, 6) is -2.19. The van der Waals surface area contributed by atoms with Gasteiger partial charge in [-0.1, -0.05) is 109 Å². The molecule has 3 atom stereocenters. The second-order valence-electron chi connectivity index (χ2n) is 10.2. The number of aryl methyl sites for hydroxylation is 1. The number of Topliss-reactive ketones (excluding diaryl/α,β-unsaturated/α-hetero) is 1. The van der Waals surface area contributed by atoms with Crippen molar-refractivity contribution >= 4 is 23.1 Å². The van der Waals surface area contributed by atoms with Crippen LogP contribution >= 0.6 is 0 Å². The molecule has 1 aliphatic heterocycles. The van der Waals surface area contributed by atoms with Crippen LogP contribution < -0.4 is 10.6 Å². The number of ketones is 1. The number of fused-ring (bicyclic) bond motifs is 1. The lowest BCUT2D eigenvalue weighted by Gasteiger charge is -2.32. The summed E-state index contributed by atoms with van der Waals surface area (Å²) in [6, 6.07) is 36.1. The highest BCUT2D eigenvalue weighted by molar-refractivity contribution is 6.26. The topological polar surface area (TPSA) is 96.0 Å². The number of carbonyl (C=O) groups excluding carboxylic acids is 2. The summed E-state index contributed by atoms with van der Waals surface area (Å²) in [5, 5.41) is 11.5. The van der Waals surface area contributed by atoms with Gasteiger partial charge < -0.3 is 10.0 Å². The largest absolute Gasteiger partial charge is 0.392 e. The summed E-state index contributed by atoms with van der Waals surface area (Å²) in [6.07, 6.45) is 0.112. The Hall–Kier alpha value is -4.39. The van der Waals surface area contributed by atoms with E-state index in [0.29, 0.717) is 29.8 Å². The van der Waals surface area contributed by atoms with Crippen molar-refractivity contribution in [3.05, 3.63) is 138 Å². The molecule has 6 nitrogen and oxygen atoms in total. The van der Waals surface area contributed by atoms with Crippen LogP contribution in [0.2, 0.25) is 0 Å². The van der Waals surface area contributed by atoms with Crippen molar-refractivity contribution in [3.63, 3.8) is 0 Å². The maximum Gasteiger partial charge on any atom is 0.277 e. The zero-order valence-corrected chi connectivity index (χ0v) is 22.5. The lowest BCUT2D eigenvalue weighted by atomic mass is 9.82. The molecule has 1 aliphatic rings. The zero-order chi connectivity index (χ0) is 28.1. The monoisotopic (exact) mass is 531 g/mol. The van der Waals surface area contributed by atoms with Crippen LogP contribution in [-0.4, -0.2) is 41.3 Å². The molecule has 202 valence electrons. The number of amides is 1. The number of likely N-dealkylation sites (N-methyl/N-ethyl adjacent to an activating group) is 1. The van der Waals surface area contributed by atoms with Gasteiger partial charge in [0, 0.05) is 18.2 Å². The van der Waals surface area contributed by atoms with Gasteiger partial charge in [-0.15, -0.1) is 0 Å². The normalized spacial score (nSPS) is 18.3. The third-order valence-electron chi connectivity index (χ3n) is 7.53. The van der Waals surface area contributed by atoms with E-state index in [2.05, 4.69) is 0 Å². The minimum Gasteiger partial charge on any atom is -0.392 e. The number of hydrogen-bond acceptors (Lipinski definition) is 5. The van der Waals surface area contributed by atoms with Gasteiger partial charge in [-0.2, -0.15) is 0 Å². The Bertz CT molecular complexity index is 1510. The Morgan fingerprint density at radius 3 is 2.05 bits per heavy atom. The Labute approximate surface area is 234 Å². The van der Waals surface area contributed by atoms with E-state index < -0.39 is 29.4 Å². The minimum absolute atomic E-state index is 0.231. The number of nitrogens with zero attached hydrogens (tertiary/aromatic N) is 2. The molecule has 4 aromatic carbocycles. The molecule has 0 fully saturated rings. The van der Waals surface area contributed by atoms with E-state index in [1.165, 1.54) is 4.90 Å². The lowest BCUT2D eigenvalue weighted by Crippen LogP contribution is -2.61. The first kappa shape index (κ1) is 27.2. The molecule has 6 heteroatoms. The molecule has 0 saturated heterocycles. The zero-order valence-electron chi connectivity index (χ0n) is 22.5. The number of aliphatic imine (C=N–C) groups is 1. The van der Waals surface area contributed by atoms with Crippen LogP contribution in [0.1, 0.15) is 28.7 Å². The Morgan fingerprint density at radius 2 is 1.40 bits per heavy atom. The van der Waals surface area contributed by atoms with Crippen LogP contribution in [0.5, 0.6) is 0 Å². The van der Waals surface area contributed by atoms with Gasteiger partial charge in [0.05, 0.1) is 23.4 Å². The average Bonchev–Trinajstić information content (AvgIpc) is 3.09. The van der Waals surface area contributed by atoms with Gasteiger partial charge in [0.1, 0.15) is 0 Å². The predicted molar refractivity (Wildman–Crippen MR) is 158 cm³/mol. The number of aliphatic hydroxyl groups excluding tert-OH is 1. The van der Waals surface area contributed by atoms with Gasteiger partial charge in [0.25, 0.3) is 5.91 Å². The summed E-state index contributed by atoms with van der Waals surface area (Å²) in [4.78, 5) is 34.6. The average molecular weight is 532 g/mol. The van der Waals surface area contributed by atoms with Crippen molar-refractivity contribution in [3.8, 4) is 0 Å². The molecule has 1 heterocycles. The highest BCUT2D eigenvalue weighted by Crippen LogP contribution is 2.32. The van der Waals surface area contributed by atoms with Crippen molar-refractivity contribution < 1.29 is 14.7 Å². The first-order valence-electron chi connectivity index (χ1n) is 13.5. The standard InChI is InChI=1S/C34H33N3O3/c1-37-29-20-12-11-19-27(29)31(26-17-9-4-10-18-26)36-34(35,33(37)40)32(39)28(23-25-15-7-3-8-16-25)30(38)22-21-24-13-5-2-6-14-24/h2-20,28,30,38H,21-23,35H2,1H3/t28-,30+,34?/m1/s1. The fourth-order valence-electron chi connectivity index (χ4n) is 5.31. The van der Waals surface area contributed by atoms with Crippen LogP contribution in [0.4, 0.5) is 5.69 Å². The van der Waals surface area contributed by atoms with E-state index >= 15 is 0 Å². The number of anilines is 1. The fraction of sp³-hybridized carbons (Fsp3) is 0.206. The highest BCUT2D eigenvalue weighted by Gasteiger charge is 2.50. The molecule has 1 amide bonds. The molecule has 5 rings (SSSR count). The number of para-hydroxylation sites is 1. The number of hydrogen-bond donors (Lipinski definition) is 2. The number of nitrogens with two attached hydrogens (primary N) is 1. The van der Waals surface area contributed by atoms with Gasteiger partial charge in [-0.05, 0) is 36.5 Å². The molecule has 0 spiro atoms. The number of benzene rings is 4. The maximum absolute atomic E-state index is 14.5. The third kappa shape index (κ3) is 5.50. The van der Waals surface area contributed by atoms with Crippen molar-refractivity contribution in [2.24, 2.45) is 16.6 Å². The van der Waals surface area contributed by atoms with Crippen molar-refractivity contribution in [1.82, 2.24) is 0 Å². The van der Waals surface area contributed by atoms with Crippen molar-refractivity contribution in [2.45, 2.75) is 31.0 Å². The highest BCUT2D eigenvalue weighted by atomic mass is 16.3. The molecule has 40 heavy (non-hydrogen) atoms. The molecular formula is C34H33N3O3. The quantitative estimate of drug-likeness (QED) is 0.309. The molecule has 0 aromatic heterocycles. The van der Waals surface area contributed by atoms with E-state index in [1.807, 2.05) is 115 Å². The molecule has 3 N–H and O–H groups in total. The first-order chi connectivity index (χ1) is 19.4. The minimum atomic E-state index is -2.23. The molecular weight excluding hydrogens is 498 g/mol. The van der Waals surface area contributed by atoms with Crippen LogP contribution in [0, 0.1) is 5.92 Å². The summed E-state index contributed by atoms with van der Waals surface area (Å²) in [5.41, 5.74) is 9.01. The van der Waals surface area contributed by atoms with E-state index in [0.717, 1.165) is 16.7 Å². The van der Waals surface area contributed by atoms with Gasteiger partial charge in [0.15, 0.2) is 5.78 Å². The number of carbonyl (C=O) groups is 2. The fourth-order valence-corrected chi connectivity index (χ4v) is 5.31. The van der Waals surface area contributed by atoms with Crippen molar-refractivity contribution in [2.75, 3.05) is 11.9 Å². The summed E-state index contributed by atoms with van der Waals surface area (Å²) < 4.78 is 0. The molecule has 0 saturated carbocycles. The summed E-state index contributed by atoms with van der Waals surface area (Å²) >= 11 is 0.